The van der Waals surface area contributed by atoms with Crippen molar-refractivity contribution >= 4 is 22.9 Å². The maximum atomic E-state index is 6.01. The van der Waals surface area contributed by atoms with Gasteiger partial charge in [0.1, 0.15) is 5.82 Å². The molecule has 4 rings (SSSR count). The molecule has 0 radical (unpaired) electrons. The molecule has 3 aromatic rings. The Morgan fingerprint density at radius 2 is 2.04 bits per heavy atom. The zero-order chi connectivity index (χ0) is 18.1. The predicted octanol–water partition coefficient (Wildman–Crippen LogP) is 4.94. The molecule has 0 aliphatic carbocycles. The fourth-order valence-electron chi connectivity index (χ4n) is 3.18. The molecule has 134 valence electrons. The summed E-state index contributed by atoms with van der Waals surface area (Å²) in [7, 11) is 0. The van der Waals surface area contributed by atoms with Gasteiger partial charge in [0.05, 0.1) is 14.9 Å². The molecule has 0 atom stereocenters. The van der Waals surface area contributed by atoms with Gasteiger partial charge >= 0.3 is 0 Å². The average molecular weight is 385 g/mol. The monoisotopic (exact) mass is 384 g/mol. The molecule has 4 heterocycles. The van der Waals surface area contributed by atoms with E-state index < -0.39 is 0 Å². The second kappa shape index (κ2) is 7.43. The standard InChI is InChI=1S/C20H21ClN4S/c1-13(2)20-23-10-15-12-25(8-7-16(15)24-20)11-14-3-4-17(22-9-14)18-5-6-19(21)26-18/h3-6,9-10,13H,7-8,11-12H2,1-2H3. The predicted molar refractivity (Wildman–Crippen MR) is 106 cm³/mol. The number of hydrogen-bond donors (Lipinski definition) is 0. The van der Waals surface area contributed by atoms with Gasteiger partial charge in [0.15, 0.2) is 0 Å². The lowest BCUT2D eigenvalue weighted by Crippen LogP contribution is -2.31. The number of halogens is 1. The Bertz CT molecular complexity index is 904. The average Bonchev–Trinajstić information content (AvgIpc) is 3.08. The van der Waals surface area contributed by atoms with Crippen LogP contribution in [0.2, 0.25) is 4.34 Å². The number of nitrogens with zero attached hydrogens (tertiary/aromatic N) is 4. The van der Waals surface area contributed by atoms with E-state index in [2.05, 4.69) is 40.8 Å². The molecule has 0 saturated heterocycles. The highest BCUT2D eigenvalue weighted by molar-refractivity contribution is 7.19. The van der Waals surface area contributed by atoms with E-state index in [1.807, 2.05) is 24.5 Å². The molecule has 4 nitrogen and oxygen atoms in total. The number of fused-ring (bicyclic) bond motifs is 1. The summed E-state index contributed by atoms with van der Waals surface area (Å²) >= 11 is 7.57. The summed E-state index contributed by atoms with van der Waals surface area (Å²) in [5.74, 6) is 1.33. The Morgan fingerprint density at radius 1 is 1.15 bits per heavy atom. The van der Waals surface area contributed by atoms with Crippen molar-refractivity contribution in [1.29, 1.82) is 0 Å². The maximum Gasteiger partial charge on any atom is 0.131 e. The number of rotatable bonds is 4. The van der Waals surface area contributed by atoms with Crippen molar-refractivity contribution in [1.82, 2.24) is 19.9 Å². The van der Waals surface area contributed by atoms with E-state index in [4.69, 9.17) is 16.6 Å². The van der Waals surface area contributed by atoms with Crippen LogP contribution >= 0.6 is 22.9 Å². The lowest BCUT2D eigenvalue weighted by Gasteiger charge is -2.28. The number of thiophene rings is 1. The second-order valence-corrected chi connectivity index (χ2v) is 8.69. The molecule has 1 aliphatic heterocycles. The van der Waals surface area contributed by atoms with E-state index in [9.17, 15) is 0 Å². The largest absolute Gasteiger partial charge is 0.294 e. The molecule has 0 spiro atoms. The van der Waals surface area contributed by atoms with Gasteiger partial charge in [0, 0.05) is 55.6 Å². The Morgan fingerprint density at radius 3 is 2.73 bits per heavy atom. The van der Waals surface area contributed by atoms with Crippen LogP contribution < -0.4 is 0 Å². The zero-order valence-electron chi connectivity index (χ0n) is 14.9. The van der Waals surface area contributed by atoms with Crippen molar-refractivity contribution in [3.8, 4) is 10.6 Å². The highest BCUT2D eigenvalue weighted by Gasteiger charge is 2.19. The van der Waals surface area contributed by atoms with Crippen LogP contribution in [-0.2, 0) is 19.5 Å². The molecule has 0 N–H and O–H groups in total. The van der Waals surface area contributed by atoms with Crippen molar-refractivity contribution in [2.24, 2.45) is 0 Å². The Kier molecular flexibility index (Phi) is 5.02. The van der Waals surface area contributed by atoms with Gasteiger partial charge in [-0.15, -0.1) is 11.3 Å². The minimum atomic E-state index is 0.376. The summed E-state index contributed by atoms with van der Waals surface area (Å²) in [5.41, 5.74) is 4.66. The number of hydrogen-bond acceptors (Lipinski definition) is 5. The van der Waals surface area contributed by atoms with Crippen molar-refractivity contribution in [3.63, 3.8) is 0 Å². The van der Waals surface area contributed by atoms with E-state index in [1.54, 1.807) is 11.3 Å². The molecule has 0 saturated carbocycles. The Labute approximate surface area is 162 Å². The molecule has 26 heavy (non-hydrogen) atoms. The van der Waals surface area contributed by atoms with Crippen LogP contribution in [0.5, 0.6) is 0 Å². The lowest BCUT2D eigenvalue weighted by molar-refractivity contribution is 0.242. The summed E-state index contributed by atoms with van der Waals surface area (Å²) in [6.07, 6.45) is 4.96. The van der Waals surface area contributed by atoms with Gasteiger partial charge < -0.3 is 0 Å². The van der Waals surface area contributed by atoms with E-state index in [1.165, 1.54) is 16.8 Å². The van der Waals surface area contributed by atoms with Gasteiger partial charge in [-0.25, -0.2) is 9.97 Å². The summed E-state index contributed by atoms with van der Waals surface area (Å²) in [6, 6.07) is 8.16. The SMILES string of the molecule is CC(C)c1ncc2c(n1)CCN(Cc1ccc(-c3ccc(Cl)s3)nc1)C2. The van der Waals surface area contributed by atoms with Crippen molar-refractivity contribution in [2.75, 3.05) is 6.54 Å². The zero-order valence-corrected chi connectivity index (χ0v) is 16.5. The molecular formula is C20H21ClN4S. The van der Waals surface area contributed by atoms with Crippen LogP contribution in [0.1, 0.15) is 42.4 Å². The first kappa shape index (κ1) is 17.6. The first-order valence-corrected chi connectivity index (χ1v) is 10.1. The van der Waals surface area contributed by atoms with Crippen LogP contribution in [0.15, 0.2) is 36.7 Å². The summed E-state index contributed by atoms with van der Waals surface area (Å²) in [4.78, 5) is 17.4. The van der Waals surface area contributed by atoms with E-state index in [0.717, 1.165) is 46.8 Å². The van der Waals surface area contributed by atoms with Crippen LogP contribution in [-0.4, -0.2) is 26.4 Å². The van der Waals surface area contributed by atoms with Gasteiger partial charge in [-0.1, -0.05) is 31.5 Å². The van der Waals surface area contributed by atoms with E-state index in [0.29, 0.717) is 5.92 Å². The van der Waals surface area contributed by atoms with Crippen LogP contribution in [0, 0.1) is 0 Å². The third kappa shape index (κ3) is 3.80. The molecule has 0 amide bonds. The van der Waals surface area contributed by atoms with Crippen LogP contribution in [0.4, 0.5) is 0 Å². The quantitative estimate of drug-likeness (QED) is 0.639. The Balaban J connectivity index is 1.43. The minimum Gasteiger partial charge on any atom is -0.294 e. The molecular weight excluding hydrogens is 364 g/mol. The Hall–Kier alpha value is -1.82. The van der Waals surface area contributed by atoms with E-state index >= 15 is 0 Å². The molecule has 6 heteroatoms. The fraction of sp³-hybridized carbons (Fsp3) is 0.350. The molecule has 0 unspecified atom stereocenters. The van der Waals surface area contributed by atoms with Crippen molar-refractivity contribution in [2.45, 2.75) is 39.3 Å². The molecule has 1 aliphatic rings. The fourth-order valence-corrected chi connectivity index (χ4v) is 4.20. The molecule has 0 aromatic carbocycles. The molecule has 3 aromatic heterocycles. The summed E-state index contributed by atoms with van der Waals surface area (Å²) in [6.45, 7) is 7.08. The van der Waals surface area contributed by atoms with Gasteiger partial charge in [0.25, 0.3) is 0 Å². The van der Waals surface area contributed by atoms with E-state index in [-0.39, 0.29) is 0 Å². The smallest absolute Gasteiger partial charge is 0.131 e. The summed E-state index contributed by atoms with van der Waals surface area (Å²) in [5, 5.41) is 0. The van der Waals surface area contributed by atoms with Gasteiger partial charge in [-0.3, -0.25) is 9.88 Å². The highest BCUT2D eigenvalue weighted by atomic mass is 35.5. The van der Waals surface area contributed by atoms with Gasteiger partial charge in [-0.2, -0.15) is 0 Å². The van der Waals surface area contributed by atoms with Crippen molar-refractivity contribution in [3.05, 3.63) is 63.6 Å². The maximum absolute atomic E-state index is 6.01. The third-order valence-corrected chi connectivity index (χ3v) is 5.86. The minimum absolute atomic E-state index is 0.376. The van der Waals surface area contributed by atoms with Gasteiger partial charge in [0.2, 0.25) is 0 Å². The number of aromatic nitrogens is 3. The number of pyridine rings is 1. The third-order valence-electron chi connectivity index (χ3n) is 4.60. The normalized spacial score (nSPS) is 14.6. The summed E-state index contributed by atoms with van der Waals surface area (Å²) < 4.78 is 0.792. The lowest BCUT2D eigenvalue weighted by atomic mass is 10.1. The molecule has 0 bridgehead atoms. The van der Waals surface area contributed by atoms with Crippen LogP contribution in [0.3, 0.4) is 0 Å². The topological polar surface area (TPSA) is 41.9 Å². The van der Waals surface area contributed by atoms with Crippen molar-refractivity contribution < 1.29 is 0 Å². The molecule has 0 fully saturated rings. The van der Waals surface area contributed by atoms with Crippen LogP contribution in [0.25, 0.3) is 10.6 Å². The highest BCUT2D eigenvalue weighted by Crippen LogP contribution is 2.29. The second-order valence-electron chi connectivity index (χ2n) is 6.97. The van der Waals surface area contributed by atoms with Gasteiger partial charge in [-0.05, 0) is 23.8 Å². The first-order chi connectivity index (χ1) is 12.6. The first-order valence-electron chi connectivity index (χ1n) is 8.86.